The molecule has 0 amide bonds. The van der Waals surface area contributed by atoms with Gasteiger partial charge in [0.25, 0.3) is 0 Å². The SMILES string of the molecule is CCC(=O)OP(OC(=O)C(C)C(C)(C)C)(c1ccccc1)(c1ccccc1)c1ccccc1. The third-order valence-electron chi connectivity index (χ3n) is 6.16. The molecule has 3 aromatic rings. The summed E-state index contributed by atoms with van der Waals surface area (Å²) in [5.74, 6) is -1.27. The van der Waals surface area contributed by atoms with Crippen LogP contribution in [0.1, 0.15) is 41.0 Å². The van der Waals surface area contributed by atoms with E-state index in [1.165, 1.54) is 0 Å². The molecule has 0 radical (unpaired) electrons. The molecule has 1 atom stereocenters. The van der Waals surface area contributed by atoms with Crippen molar-refractivity contribution in [3.05, 3.63) is 91.0 Å². The first-order chi connectivity index (χ1) is 15.6. The maximum absolute atomic E-state index is 13.8. The number of rotatable bonds is 7. The fraction of sp³-hybridized carbons (Fsp3) is 0.286. The second-order valence-electron chi connectivity index (χ2n) is 9.28. The summed E-state index contributed by atoms with van der Waals surface area (Å²) in [7, 11) is -4.49. The van der Waals surface area contributed by atoms with E-state index in [0.29, 0.717) is 15.9 Å². The summed E-state index contributed by atoms with van der Waals surface area (Å²) < 4.78 is 13.2. The van der Waals surface area contributed by atoms with Gasteiger partial charge in [0.1, 0.15) is 0 Å². The normalized spacial score (nSPS) is 13.9. The van der Waals surface area contributed by atoms with Gasteiger partial charge in [-0.3, -0.25) is 0 Å². The molecule has 0 aliphatic heterocycles. The van der Waals surface area contributed by atoms with Gasteiger partial charge < -0.3 is 0 Å². The monoisotopic (exact) mass is 464 g/mol. The zero-order valence-corrected chi connectivity index (χ0v) is 20.9. The summed E-state index contributed by atoms with van der Waals surface area (Å²) in [4.78, 5) is 26.9. The van der Waals surface area contributed by atoms with Gasteiger partial charge in [0.2, 0.25) is 0 Å². The molecule has 0 spiro atoms. The third kappa shape index (κ3) is 4.45. The second-order valence-corrected chi connectivity index (χ2v) is 13.1. The Labute approximate surface area is 197 Å². The molecule has 33 heavy (non-hydrogen) atoms. The zero-order valence-electron chi connectivity index (χ0n) is 20.0. The van der Waals surface area contributed by atoms with E-state index in [0.717, 1.165) is 0 Å². The molecular formula is C28H33O4P. The average molecular weight is 465 g/mol. The van der Waals surface area contributed by atoms with Crippen LogP contribution in [0.15, 0.2) is 91.0 Å². The fourth-order valence-corrected chi connectivity index (χ4v) is 8.47. The molecule has 3 aromatic carbocycles. The molecule has 0 aromatic heterocycles. The van der Waals surface area contributed by atoms with Crippen LogP contribution in [0.2, 0.25) is 0 Å². The Hall–Kier alpha value is -2.97. The van der Waals surface area contributed by atoms with Gasteiger partial charge in [-0.25, -0.2) is 0 Å². The van der Waals surface area contributed by atoms with Crippen LogP contribution in [0.5, 0.6) is 0 Å². The van der Waals surface area contributed by atoms with Crippen LogP contribution in [-0.4, -0.2) is 11.9 Å². The molecule has 0 fully saturated rings. The van der Waals surface area contributed by atoms with E-state index < -0.39 is 24.9 Å². The van der Waals surface area contributed by atoms with Crippen LogP contribution < -0.4 is 15.9 Å². The predicted octanol–water partition coefficient (Wildman–Crippen LogP) is 5.52. The van der Waals surface area contributed by atoms with Crippen molar-refractivity contribution < 1.29 is 18.6 Å². The number of hydrogen-bond donors (Lipinski definition) is 0. The Bertz CT molecular complexity index is 990. The van der Waals surface area contributed by atoms with Gasteiger partial charge in [-0.15, -0.1) is 0 Å². The van der Waals surface area contributed by atoms with E-state index in [-0.39, 0.29) is 11.8 Å². The van der Waals surface area contributed by atoms with E-state index in [1.807, 2.05) is 119 Å². The Morgan fingerprint density at radius 3 is 1.39 bits per heavy atom. The summed E-state index contributed by atoms with van der Waals surface area (Å²) in [6.07, 6.45) is 0.150. The first-order valence-electron chi connectivity index (χ1n) is 11.3. The molecule has 0 saturated carbocycles. The van der Waals surface area contributed by atoms with Crippen molar-refractivity contribution in [3.63, 3.8) is 0 Å². The molecule has 0 aliphatic carbocycles. The van der Waals surface area contributed by atoms with Crippen molar-refractivity contribution in [1.82, 2.24) is 0 Å². The van der Waals surface area contributed by atoms with Gasteiger partial charge in [0.15, 0.2) is 0 Å². The van der Waals surface area contributed by atoms with E-state index in [4.69, 9.17) is 9.05 Å². The first kappa shape index (κ1) is 24.7. The number of carbonyl (C=O) groups excluding carboxylic acids is 2. The Morgan fingerprint density at radius 1 is 0.727 bits per heavy atom. The van der Waals surface area contributed by atoms with Crippen LogP contribution in [0.25, 0.3) is 0 Å². The molecule has 174 valence electrons. The molecule has 5 heteroatoms. The number of hydrogen-bond acceptors (Lipinski definition) is 4. The van der Waals surface area contributed by atoms with Crippen molar-refractivity contribution in [1.29, 1.82) is 0 Å². The van der Waals surface area contributed by atoms with E-state index in [1.54, 1.807) is 6.92 Å². The molecule has 4 nitrogen and oxygen atoms in total. The Kier molecular flexibility index (Phi) is 7.09. The molecule has 3 rings (SSSR count). The van der Waals surface area contributed by atoms with Gasteiger partial charge in [-0.05, 0) is 0 Å². The molecule has 0 heterocycles. The molecule has 0 saturated heterocycles. The van der Waals surface area contributed by atoms with Crippen LogP contribution in [-0.2, 0) is 18.6 Å². The predicted molar refractivity (Wildman–Crippen MR) is 136 cm³/mol. The third-order valence-corrected chi connectivity index (χ3v) is 10.9. The van der Waals surface area contributed by atoms with Gasteiger partial charge in [-0.1, -0.05) is 0 Å². The van der Waals surface area contributed by atoms with Gasteiger partial charge >= 0.3 is 197 Å². The van der Waals surface area contributed by atoms with Crippen LogP contribution in [0.3, 0.4) is 0 Å². The first-order valence-corrected chi connectivity index (χ1v) is 13.4. The summed E-state index contributed by atoms with van der Waals surface area (Å²) in [5, 5.41) is 1.99. The van der Waals surface area contributed by atoms with Crippen molar-refractivity contribution in [2.75, 3.05) is 0 Å². The van der Waals surface area contributed by atoms with E-state index in [2.05, 4.69) is 0 Å². The zero-order chi connectivity index (χ0) is 24.1. The molecule has 0 bridgehead atoms. The van der Waals surface area contributed by atoms with Gasteiger partial charge in [-0.2, -0.15) is 0 Å². The standard InChI is InChI=1S/C28H33O4P/c1-6-26(29)31-33(23-16-10-7-11-17-23,24-18-12-8-13-19-24,25-20-14-9-15-21-25)32-27(30)22(2)28(3,4)5/h7-22H,6H2,1-5H3. The quantitative estimate of drug-likeness (QED) is 0.432. The fourth-order valence-electron chi connectivity index (χ4n) is 3.74. The average Bonchev–Trinajstić information content (AvgIpc) is 2.84. The van der Waals surface area contributed by atoms with Crippen LogP contribution in [0.4, 0.5) is 0 Å². The summed E-state index contributed by atoms with van der Waals surface area (Å²) in [6.45, 7) is 9.60. The van der Waals surface area contributed by atoms with Gasteiger partial charge in [0.05, 0.1) is 0 Å². The molecular weight excluding hydrogens is 431 g/mol. The summed E-state index contributed by atoms with van der Waals surface area (Å²) in [5.41, 5.74) is -0.337. The maximum atomic E-state index is 13.8. The van der Waals surface area contributed by atoms with Crippen LogP contribution in [0, 0.1) is 11.3 Å². The molecule has 1 unspecified atom stereocenters. The van der Waals surface area contributed by atoms with Crippen LogP contribution >= 0.6 is 7.06 Å². The van der Waals surface area contributed by atoms with E-state index in [9.17, 15) is 9.59 Å². The Morgan fingerprint density at radius 2 is 1.09 bits per heavy atom. The van der Waals surface area contributed by atoms with E-state index >= 15 is 0 Å². The van der Waals surface area contributed by atoms with Crippen molar-refractivity contribution in [2.45, 2.75) is 41.0 Å². The molecule has 0 N–H and O–H groups in total. The van der Waals surface area contributed by atoms with Crippen molar-refractivity contribution >= 4 is 34.9 Å². The topological polar surface area (TPSA) is 52.6 Å². The Balaban J connectivity index is 2.49. The van der Waals surface area contributed by atoms with Crippen molar-refractivity contribution in [2.24, 2.45) is 11.3 Å². The minimum absolute atomic E-state index is 0.150. The summed E-state index contributed by atoms with van der Waals surface area (Å²) >= 11 is 0. The molecule has 0 aliphatic rings. The van der Waals surface area contributed by atoms with Gasteiger partial charge in [0, 0.05) is 0 Å². The summed E-state index contributed by atoms with van der Waals surface area (Å²) in [6, 6.07) is 28.3. The number of carbonyl (C=O) groups is 2. The second kappa shape index (κ2) is 9.49. The minimum atomic E-state index is -4.49. The number of benzene rings is 3. The van der Waals surface area contributed by atoms with Crippen molar-refractivity contribution in [3.8, 4) is 0 Å².